The van der Waals surface area contributed by atoms with Gasteiger partial charge in [-0.3, -0.25) is 9.69 Å². The minimum atomic E-state index is -0.0346. The Morgan fingerprint density at radius 2 is 2.50 bits per heavy atom. The molecule has 0 bridgehead atoms. The molecule has 90 valence electrons. The molecule has 1 rings (SSSR count). The number of carbonyl (C=O) groups excluding carboxylic acids is 1. The van der Waals surface area contributed by atoms with Crippen molar-refractivity contribution >= 4 is 5.91 Å². The number of nitrogens with one attached hydrogen (secondary N) is 1. The van der Waals surface area contributed by atoms with Crippen LogP contribution in [-0.2, 0) is 9.53 Å². The van der Waals surface area contributed by atoms with Crippen LogP contribution in [0.15, 0.2) is 0 Å². The standard InChI is InChI=1S/C11H19N3O2/c1-2-14(6-5-12)9-11(15)13-8-10-4-3-7-16-10/h10H,2-4,6-9H2,1H3,(H,13,15). The molecule has 1 unspecified atom stereocenters. The van der Waals surface area contributed by atoms with Gasteiger partial charge in [-0.05, 0) is 19.4 Å². The summed E-state index contributed by atoms with van der Waals surface area (Å²) < 4.78 is 5.40. The maximum absolute atomic E-state index is 11.5. The van der Waals surface area contributed by atoms with Gasteiger partial charge in [0.25, 0.3) is 0 Å². The predicted octanol–water partition coefficient (Wildman–Crippen LogP) is 0.127. The third-order valence-corrected chi connectivity index (χ3v) is 2.66. The van der Waals surface area contributed by atoms with Crippen LogP contribution in [0.25, 0.3) is 0 Å². The number of hydrogen-bond acceptors (Lipinski definition) is 4. The fourth-order valence-electron chi connectivity index (χ4n) is 1.67. The van der Waals surface area contributed by atoms with Crippen LogP contribution in [0.3, 0.4) is 0 Å². The van der Waals surface area contributed by atoms with Crippen LogP contribution in [-0.4, -0.2) is 49.7 Å². The Morgan fingerprint density at radius 1 is 1.69 bits per heavy atom. The van der Waals surface area contributed by atoms with E-state index < -0.39 is 0 Å². The fourth-order valence-corrected chi connectivity index (χ4v) is 1.67. The summed E-state index contributed by atoms with van der Waals surface area (Å²) in [7, 11) is 0. The van der Waals surface area contributed by atoms with Gasteiger partial charge >= 0.3 is 0 Å². The summed E-state index contributed by atoms with van der Waals surface area (Å²) in [6.07, 6.45) is 2.28. The second kappa shape index (κ2) is 7.20. The highest BCUT2D eigenvalue weighted by atomic mass is 16.5. The molecule has 5 nitrogen and oxygen atoms in total. The molecule has 1 aliphatic rings. The number of ether oxygens (including phenoxy) is 1. The minimum Gasteiger partial charge on any atom is -0.376 e. The van der Waals surface area contributed by atoms with Gasteiger partial charge in [-0.25, -0.2) is 0 Å². The van der Waals surface area contributed by atoms with Gasteiger partial charge in [-0.1, -0.05) is 6.92 Å². The molecule has 0 aromatic heterocycles. The SMILES string of the molecule is CCN(CC#N)CC(=O)NCC1CCCO1. The van der Waals surface area contributed by atoms with E-state index in [1.807, 2.05) is 13.0 Å². The number of carbonyl (C=O) groups is 1. The first kappa shape index (κ1) is 12.9. The summed E-state index contributed by atoms with van der Waals surface area (Å²) in [5.41, 5.74) is 0. The van der Waals surface area contributed by atoms with Crippen molar-refractivity contribution in [2.24, 2.45) is 0 Å². The normalized spacial score (nSPS) is 19.7. The average molecular weight is 225 g/mol. The Balaban J connectivity index is 2.16. The zero-order valence-electron chi connectivity index (χ0n) is 9.74. The monoisotopic (exact) mass is 225 g/mol. The molecule has 1 saturated heterocycles. The van der Waals surface area contributed by atoms with E-state index in [0.29, 0.717) is 19.6 Å². The maximum atomic E-state index is 11.5. The van der Waals surface area contributed by atoms with E-state index in [-0.39, 0.29) is 18.6 Å². The van der Waals surface area contributed by atoms with Crippen LogP contribution in [0.4, 0.5) is 0 Å². The van der Waals surface area contributed by atoms with Crippen molar-refractivity contribution in [2.75, 3.05) is 32.8 Å². The number of rotatable bonds is 6. The predicted molar refractivity (Wildman–Crippen MR) is 59.7 cm³/mol. The van der Waals surface area contributed by atoms with Crippen LogP contribution >= 0.6 is 0 Å². The molecule has 0 aliphatic carbocycles. The van der Waals surface area contributed by atoms with Gasteiger partial charge in [0.15, 0.2) is 0 Å². The van der Waals surface area contributed by atoms with Gasteiger partial charge in [0, 0.05) is 13.2 Å². The first-order valence-corrected chi connectivity index (χ1v) is 5.74. The Labute approximate surface area is 96.4 Å². The zero-order chi connectivity index (χ0) is 11.8. The van der Waals surface area contributed by atoms with E-state index in [1.165, 1.54) is 0 Å². The molecule has 16 heavy (non-hydrogen) atoms. The molecule has 1 atom stereocenters. The Hall–Kier alpha value is -1.12. The van der Waals surface area contributed by atoms with Gasteiger partial charge in [0.1, 0.15) is 0 Å². The van der Waals surface area contributed by atoms with Gasteiger partial charge in [-0.15, -0.1) is 0 Å². The average Bonchev–Trinajstić information content (AvgIpc) is 2.78. The van der Waals surface area contributed by atoms with Crippen LogP contribution in [0.2, 0.25) is 0 Å². The first-order chi connectivity index (χ1) is 7.76. The van der Waals surface area contributed by atoms with E-state index in [0.717, 1.165) is 19.4 Å². The fraction of sp³-hybridized carbons (Fsp3) is 0.818. The Kier molecular flexibility index (Phi) is 5.83. The van der Waals surface area contributed by atoms with Crippen LogP contribution in [0.5, 0.6) is 0 Å². The Bertz CT molecular complexity index is 256. The molecule has 1 aliphatic heterocycles. The molecular weight excluding hydrogens is 206 g/mol. The summed E-state index contributed by atoms with van der Waals surface area (Å²) in [6.45, 7) is 4.62. The molecule has 0 radical (unpaired) electrons. The third-order valence-electron chi connectivity index (χ3n) is 2.66. The lowest BCUT2D eigenvalue weighted by Crippen LogP contribution is -2.40. The lowest BCUT2D eigenvalue weighted by atomic mass is 10.2. The Morgan fingerprint density at radius 3 is 3.06 bits per heavy atom. The summed E-state index contributed by atoms with van der Waals surface area (Å²) >= 11 is 0. The number of nitriles is 1. The number of amides is 1. The van der Waals surface area contributed by atoms with E-state index in [2.05, 4.69) is 5.32 Å². The quantitative estimate of drug-likeness (QED) is 0.652. The van der Waals surface area contributed by atoms with E-state index in [4.69, 9.17) is 10.00 Å². The van der Waals surface area contributed by atoms with Gasteiger partial charge < -0.3 is 10.1 Å². The molecule has 0 aromatic carbocycles. The second-order valence-electron chi connectivity index (χ2n) is 3.90. The van der Waals surface area contributed by atoms with Crippen molar-refractivity contribution in [2.45, 2.75) is 25.9 Å². The lowest BCUT2D eigenvalue weighted by molar-refractivity contribution is -0.122. The highest BCUT2D eigenvalue weighted by Gasteiger charge is 2.16. The number of hydrogen-bond donors (Lipinski definition) is 1. The summed E-state index contributed by atoms with van der Waals surface area (Å²) in [5, 5.41) is 11.4. The van der Waals surface area contributed by atoms with Crippen molar-refractivity contribution in [1.82, 2.24) is 10.2 Å². The molecule has 0 aromatic rings. The van der Waals surface area contributed by atoms with Crippen LogP contribution < -0.4 is 5.32 Å². The van der Waals surface area contributed by atoms with Crippen LogP contribution in [0, 0.1) is 11.3 Å². The molecular formula is C11H19N3O2. The zero-order valence-corrected chi connectivity index (χ0v) is 9.74. The molecule has 5 heteroatoms. The van der Waals surface area contributed by atoms with Gasteiger partial charge in [0.2, 0.25) is 5.91 Å². The molecule has 0 saturated carbocycles. The highest BCUT2D eigenvalue weighted by Crippen LogP contribution is 2.10. The molecule has 1 N–H and O–H groups in total. The van der Waals surface area contributed by atoms with E-state index in [9.17, 15) is 4.79 Å². The summed E-state index contributed by atoms with van der Waals surface area (Å²) in [4.78, 5) is 13.3. The second-order valence-corrected chi connectivity index (χ2v) is 3.90. The van der Waals surface area contributed by atoms with E-state index in [1.54, 1.807) is 4.90 Å². The minimum absolute atomic E-state index is 0.0346. The largest absolute Gasteiger partial charge is 0.376 e. The van der Waals surface area contributed by atoms with E-state index >= 15 is 0 Å². The molecule has 0 spiro atoms. The summed E-state index contributed by atoms with van der Waals surface area (Å²) in [6, 6.07) is 2.04. The van der Waals surface area contributed by atoms with Crippen molar-refractivity contribution in [1.29, 1.82) is 5.26 Å². The lowest BCUT2D eigenvalue weighted by Gasteiger charge is -2.17. The van der Waals surface area contributed by atoms with Crippen molar-refractivity contribution < 1.29 is 9.53 Å². The van der Waals surface area contributed by atoms with Gasteiger partial charge in [-0.2, -0.15) is 5.26 Å². The van der Waals surface area contributed by atoms with Crippen molar-refractivity contribution in [3.63, 3.8) is 0 Å². The highest BCUT2D eigenvalue weighted by molar-refractivity contribution is 5.78. The maximum Gasteiger partial charge on any atom is 0.234 e. The molecule has 1 heterocycles. The summed E-state index contributed by atoms with van der Waals surface area (Å²) in [5.74, 6) is -0.0346. The molecule has 1 amide bonds. The number of likely N-dealkylation sites (N-methyl/N-ethyl adjacent to an activating group) is 1. The third kappa shape index (κ3) is 4.60. The van der Waals surface area contributed by atoms with Crippen molar-refractivity contribution in [3.8, 4) is 6.07 Å². The van der Waals surface area contributed by atoms with Crippen molar-refractivity contribution in [3.05, 3.63) is 0 Å². The molecule has 1 fully saturated rings. The first-order valence-electron chi connectivity index (χ1n) is 5.74. The topological polar surface area (TPSA) is 65.4 Å². The van der Waals surface area contributed by atoms with Crippen LogP contribution in [0.1, 0.15) is 19.8 Å². The van der Waals surface area contributed by atoms with Gasteiger partial charge in [0.05, 0.1) is 25.3 Å². The number of nitrogens with zero attached hydrogens (tertiary/aromatic N) is 2. The smallest absolute Gasteiger partial charge is 0.234 e.